The van der Waals surface area contributed by atoms with Gasteiger partial charge in [0.15, 0.2) is 5.82 Å². The van der Waals surface area contributed by atoms with Crippen molar-refractivity contribution in [2.45, 2.75) is 26.3 Å². The van der Waals surface area contributed by atoms with Gasteiger partial charge in [-0.2, -0.15) is 0 Å². The molecule has 0 atom stereocenters. The molecule has 1 amide bonds. The highest BCUT2D eigenvalue weighted by molar-refractivity contribution is 5.76. The Balaban J connectivity index is 1.63. The standard InChI is InChI=1S/C22H24N4O3/c1-3-29-18-11-7-10-17(14-18)21-23-22(28)19(24-25-21)12-13-20(27)26(2)15-16-8-5-4-6-9-16/h4-11,14H,3,12-13,15H2,1-2H3,(H,23,25,28). The van der Waals surface area contributed by atoms with E-state index in [-0.39, 0.29) is 30.0 Å². The maximum Gasteiger partial charge on any atom is 0.273 e. The third kappa shape index (κ3) is 5.51. The van der Waals surface area contributed by atoms with Crippen LogP contribution in [0.3, 0.4) is 0 Å². The van der Waals surface area contributed by atoms with E-state index in [1.54, 1.807) is 18.0 Å². The predicted molar refractivity (Wildman–Crippen MR) is 110 cm³/mol. The number of carbonyl (C=O) groups excluding carboxylic acids is 1. The van der Waals surface area contributed by atoms with Gasteiger partial charge in [0.05, 0.1) is 6.61 Å². The Morgan fingerprint density at radius 2 is 1.90 bits per heavy atom. The number of nitrogens with zero attached hydrogens (tertiary/aromatic N) is 3. The lowest BCUT2D eigenvalue weighted by molar-refractivity contribution is -0.130. The number of hydrogen-bond acceptors (Lipinski definition) is 5. The number of rotatable bonds is 8. The van der Waals surface area contributed by atoms with E-state index in [1.165, 1.54) is 0 Å². The minimum atomic E-state index is -0.338. The van der Waals surface area contributed by atoms with Crippen molar-refractivity contribution in [3.8, 4) is 17.1 Å². The molecule has 7 nitrogen and oxygen atoms in total. The molecular weight excluding hydrogens is 368 g/mol. The molecule has 0 fully saturated rings. The Labute approximate surface area is 169 Å². The third-order valence-corrected chi connectivity index (χ3v) is 4.45. The number of amides is 1. The van der Waals surface area contributed by atoms with Gasteiger partial charge in [-0.3, -0.25) is 9.59 Å². The zero-order valence-electron chi connectivity index (χ0n) is 16.6. The van der Waals surface area contributed by atoms with Gasteiger partial charge in [-0.25, -0.2) is 0 Å². The molecule has 0 aliphatic rings. The molecule has 2 aromatic carbocycles. The molecule has 29 heavy (non-hydrogen) atoms. The average molecular weight is 392 g/mol. The fourth-order valence-corrected chi connectivity index (χ4v) is 2.92. The van der Waals surface area contributed by atoms with Gasteiger partial charge in [-0.15, -0.1) is 10.2 Å². The largest absolute Gasteiger partial charge is 0.494 e. The van der Waals surface area contributed by atoms with Crippen LogP contribution in [0.5, 0.6) is 5.75 Å². The summed E-state index contributed by atoms with van der Waals surface area (Å²) >= 11 is 0. The first-order valence-electron chi connectivity index (χ1n) is 9.54. The summed E-state index contributed by atoms with van der Waals surface area (Å²) in [4.78, 5) is 29.1. The summed E-state index contributed by atoms with van der Waals surface area (Å²) < 4.78 is 5.47. The highest BCUT2D eigenvalue weighted by Crippen LogP contribution is 2.19. The van der Waals surface area contributed by atoms with E-state index < -0.39 is 0 Å². The van der Waals surface area contributed by atoms with E-state index in [0.29, 0.717) is 30.3 Å². The predicted octanol–water partition coefficient (Wildman–Crippen LogP) is 2.82. The topological polar surface area (TPSA) is 88.2 Å². The van der Waals surface area contributed by atoms with Crippen molar-refractivity contribution in [3.05, 3.63) is 76.2 Å². The van der Waals surface area contributed by atoms with E-state index in [4.69, 9.17) is 4.74 Å². The molecule has 0 bridgehead atoms. The SMILES string of the molecule is CCOc1cccc(-c2nnc(CCC(=O)N(C)Cc3ccccc3)c(=O)[nH]2)c1. The van der Waals surface area contributed by atoms with Crippen LogP contribution in [0.15, 0.2) is 59.4 Å². The lowest BCUT2D eigenvalue weighted by Crippen LogP contribution is -2.27. The normalized spacial score (nSPS) is 10.6. The lowest BCUT2D eigenvalue weighted by Gasteiger charge is -2.17. The fraction of sp³-hybridized carbons (Fsp3) is 0.273. The number of H-pyrrole nitrogens is 1. The summed E-state index contributed by atoms with van der Waals surface area (Å²) in [6.07, 6.45) is 0.430. The van der Waals surface area contributed by atoms with E-state index >= 15 is 0 Å². The molecule has 0 spiro atoms. The summed E-state index contributed by atoms with van der Waals surface area (Å²) in [5, 5.41) is 8.16. The summed E-state index contributed by atoms with van der Waals surface area (Å²) in [6, 6.07) is 17.0. The monoisotopic (exact) mass is 392 g/mol. The van der Waals surface area contributed by atoms with E-state index in [9.17, 15) is 9.59 Å². The van der Waals surface area contributed by atoms with Crippen LogP contribution in [0.25, 0.3) is 11.4 Å². The summed E-state index contributed by atoms with van der Waals surface area (Å²) in [5.74, 6) is 1.01. The minimum Gasteiger partial charge on any atom is -0.494 e. The van der Waals surface area contributed by atoms with Gasteiger partial charge < -0.3 is 14.6 Å². The second-order valence-corrected chi connectivity index (χ2v) is 6.65. The molecule has 150 valence electrons. The first-order chi connectivity index (χ1) is 14.1. The molecule has 3 aromatic rings. The van der Waals surface area contributed by atoms with Crippen LogP contribution in [-0.2, 0) is 17.8 Å². The fourth-order valence-electron chi connectivity index (χ4n) is 2.92. The maximum atomic E-state index is 12.4. The molecule has 1 N–H and O–H groups in total. The first-order valence-corrected chi connectivity index (χ1v) is 9.54. The molecule has 0 saturated heterocycles. The van der Waals surface area contributed by atoms with Gasteiger partial charge >= 0.3 is 0 Å². The maximum absolute atomic E-state index is 12.4. The zero-order valence-corrected chi connectivity index (χ0v) is 16.6. The molecular formula is C22H24N4O3. The van der Waals surface area contributed by atoms with Crippen LogP contribution in [0.1, 0.15) is 24.6 Å². The van der Waals surface area contributed by atoms with Gasteiger partial charge in [0.1, 0.15) is 11.4 Å². The van der Waals surface area contributed by atoms with E-state index in [2.05, 4.69) is 15.2 Å². The van der Waals surface area contributed by atoms with Gasteiger partial charge in [0, 0.05) is 32.0 Å². The van der Waals surface area contributed by atoms with Crippen molar-refractivity contribution in [2.24, 2.45) is 0 Å². The number of aromatic amines is 1. The molecule has 0 aliphatic carbocycles. The van der Waals surface area contributed by atoms with Crippen LogP contribution < -0.4 is 10.3 Å². The number of aryl methyl sites for hydroxylation is 1. The van der Waals surface area contributed by atoms with E-state index in [1.807, 2.05) is 55.5 Å². The molecule has 0 saturated carbocycles. The van der Waals surface area contributed by atoms with Crippen molar-refractivity contribution >= 4 is 5.91 Å². The Morgan fingerprint density at radius 3 is 2.62 bits per heavy atom. The minimum absolute atomic E-state index is 0.0523. The van der Waals surface area contributed by atoms with Gasteiger partial charge in [0.25, 0.3) is 5.56 Å². The Bertz CT molecular complexity index is 1020. The Kier molecular flexibility index (Phi) is 6.73. The number of aromatic nitrogens is 3. The van der Waals surface area contributed by atoms with Crippen LogP contribution >= 0.6 is 0 Å². The smallest absolute Gasteiger partial charge is 0.273 e. The summed E-state index contributed by atoms with van der Waals surface area (Å²) in [7, 11) is 1.75. The third-order valence-electron chi connectivity index (χ3n) is 4.45. The molecule has 3 rings (SSSR count). The van der Waals surface area contributed by atoms with Crippen LogP contribution in [0.2, 0.25) is 0 Å². The number of benzene rings is 2. The molecule has 1 heterocycles. The van der Waals surface area contributed by atoms with Crippen LogP contribution in [-0.4, -0.2) is 39.6 Å². The quantitative estimate of drug-likeness (QED) is 0.637. The molecule has 0 unspecified atom stereocenters. The second-order valence-electron chi connectivity index (χ2n) is 6.65. The zero-order chi connectivity index (χ0) is 20.6. The van der Waals surface area contributed by atoms with Crippen molar-refractivity contribution in [2.75, 3.05) is 13.7 Å². The van der Waals surface area contributed by atoms with Crippen LogP contribution in [0.4, 0.5) is 0 Å². The van der Waals surface area contributed by atoms with Gasteiger partial charge in [-0.1, -0.05) is 42.5 Å². The van der Waals surface area contributed by atoms with Gasteiger partial charge in [-0.05, 0) is 24.6 Å². The van der Waals surface area contributed by atoms with E-state index in [0.717, 1.165) is 5.56 Å². The first kappa shape index (κ1) is 20.3. The van der Waals surface area contributed by atoms with Crippen molar-refractivity contribution < 1.29 is 9.53 Å². The number of ether oxygens (including phenoxy) is 1. The molecule has 7 heteroatoms. The number of carbonyl (C=O) groups is 1. The average Bonchev–Trinajstić information content (AvgIpc) is 2.73. The highest BCUT2D eigenvalue weighted by atomic mass is 16.5. The molecule has 1 aromatic heterocycles. The van der Waals surface area contributed by atoms with Crippen molar-refractivity contribution in [1.82, 2.24) is 20.1 Å². The summed E-state index contributed by atoms with van der Waals surface area (Å²) in [5.41, 5.74) is 1.68. The number of hydrogen-bond donors (Lipinski definition) is 1. The number of nitrogens with one attached hydrogen (secondary N) is 1. The Hall–Kier alpha value is -3.48. The Morgan fingerprint density at radius 1 is 1.10 bits per heavy atom. The van der Waals surface area contributed by atoms with Gasteiger partial charge in [0.2, 0.25) is 5.91 Å². The lowest BCUT2D eigenvalue weighted by atomic mass is 10.2. The highest BCUT2D eigenvalue weighted by Gasteiger charge is 2.13. The van der Waals surface area contributed by atoms with Crippen molar-refractivity contribution in [3.63, 3.8) is 0 Å². The molecule has 0 radical (unpaired) electrons. The molecule has 0 aliphatic heterocycles. The summed E-state index contributed by atoms with van der Waals surface area (Å²) in [6.45, 7) is 2.98. The van der Waals surface area contributed by atoms with Crippen LogP contribution in [0, 0.1) is 0 Å². The van der Waals surface area contributed by atoms with Crippen molar-refractivity contribution in [1.29, 1.82) is 0 Å². The second kappa shape index (κ2) is 9.64.